The molecule has 0 aromatic heterocycles. The van der Waals surface area contributed by atoms with Crippen LogP contribution >= 0.6 is 0 Å². The highest BCUT2D eigenvalue weighted by Gasteiger charge is 2.26. The molecule has 4 heteroatoms. The maximum Gasteiger partial charge on any atom is 0.240 e. The van der Waals surface area contributed by atoms with E-state index in [2.05, 4.69) is 34.5 Å². The van der Waals surface area contributed by atoms with Gasteiger partial charge in [0.1, 0.15) is 6.04 Å². The van der Waals surface area contributed by atoms with Crippen molar-refractivity contribution in [2.24, 2.45) is 5.73 Å². The highest BCUT2D eigenvalue weighted by atomic mass is 16.1. The van der Waals surface area contributed by atoms with E-state index in [-0.39, 0.29) is 11.9 Å². The number of carbonyl (C=O) groups excluding carboxylic acids is 1. The van der Waals surface area contributed by atoms with Gasteiger partial charge in [-0.15, -0.1) is 0 Å². The molecular weight excluding hydrogens is 226 g/mol. The fourth-order valence-electron chi connectivity index (χ4n) is 2.55. The Morgan fingerprint density at radius 3 is 2.72 bits per heavy atom. The second-order valence-electron chi connectivity index (χ2n) is 4.80. The Bertz CT molecular complexity index is 402. The molecule has 18 heavy (non-hydrogen) atoms. The summed E-state index contributed by atoms with van der Waals surface area (Å²) in [7, 11) is 1.93. The number of nitrogens with zero attached hydrogens (tertiary/aromatic N) is 1. The number of carbonyl (C=O) groups is 1. The Hall–Kier alpha value is -1.55. The first-order chi connectivity index (χ1) is 8.72. The van der Waals surface area contributed by atoms with Crippen LogP contribution in [0.4, 0.5) is 5.69 Å². The van der Waals surface area contributed by atoms with Gasteiger partial charge in [-0.2, -0.15) is 0 Å². The number of benzene rings is 1. The number of amides is 1. The second kappa shape index (κ2) is 5.87. The van der Waals surface area contributed by atoms with Gasteiger partial charge in [0, 0.05) is 18.8 Å². The second-order valence-corrected chi connectivity index (χ2v) is 4.80. The zero-order chi connectivity index (χ0) is 13.0. The number of anilines is 1. The summed E-state index contributed by atoms with van der Waals surface area (Å²) < 4.78 is 0. The summed E-state index contributed by atoms with van der Waals surface area (Å²) >= 11 is 0. The van der Waals surface area contributed by atoms with Crippen molar-refractivity contribution in [1.29, 1.82) is 0 Å². The Balaban J connectivity index is 2.15. The van der Waals surface area contributed by atoms with Gasteiger partial charge < -0.3 is 16.0 Å². The summed E-state index contributed by atoms with van der Waals surface area (Å²) in [5.74, 6) is -0.214. The molecule has 1 heterocycles. The van der Waals surface area contributed by atoms with Crippen molar-refractivity contribution in [2.75, 3.05) is 18.5 Å². The van der Waals surface area contributed by atoms with E-state index < -0.39 is 0 Å². The molecule has 1 aliphatic rings. The molecule has 0 saturated carbocycles. The Morgan fingerprint density at radius 1 is 1.39 bits per heavy atom. The maximum atomic E-state index is 11.5. The molecule has 1 atom stereocenters. The van der Waals surface area contributed by atoms with Gasteiger partial charge in [-0.3, -0.25) is 4.79 Å². The first-order valence-electron chi connectivity index (χ1n) is 6.52. The van der Waals surface area contributed by atoms with Crippen LogP contribution in [0.15, 0.2) is 24.3 Å². The number of primary amides is 1. The predicted octanol–water partition coefficient (Wildman–Crippen LogP) is 1.25. The van der Waals surface area contributed by atoms with Crippen molar-refractivity contribution in [2.45, 2.75) is 31.8 Å². The molecule has 0 aliphatic carbocycles. The van der Waals surface area contributed by atoms with E-state index in [0.717, 1.165) is 38.0 Å². The molecule has 98 valence electrons. The Kier molecular flexibility index (Phi) is 4.20. The molecule has 2 rings (SSSR count). The molecule has 0 radical (unpaired) electrons. The largest absolute Gasteiger partial charge is 0.368 e. The minimum absolute atomic E-state index is 0.145. The highest BCUT2D eigenvalue weighted by molar-refractivity contribution is 5.83. The van der Waals surface area contributed by atoms with E-state index in [0.29, 0.717) is 0 Å². The van der Waals surface area contributed by atoms with E-state index in [4.69, 9.17) is 5.73 Å². The van der Waals surface area contributed by atoms with E-state index in [9.17, 15) is 4.79 Å². The molecule has 0 spiro atoms. The minimum atomic E-state index is -0.214. The number of rotatable bonds is 4. The number of nitrogens with two attached hydrogens (primary N) is 1. The van der Waals surface area contributed by atoms with Crippen LogP contribution in [-0.4, -0.2) is 25.5 Å². The number of nitrogens with one attached hydrogen (secondary N) is 1. The summed E-state index contributed by atoms with van der Waals surface area (Å²) in [6.45, 7) is 1.78. The topological polar surface area (TPSA) is 58.4 Å². The molecule has 1 aromatic carbocycles. The Morgan fingerprint density at radius 2 is 2.11 bits per heavy atom. The molecule has 0 bridgehead atoms. The van der Waals surface area contributed by atoms with Gasteiger partial charge in [-0.05, 0) is 44.0 Å². The van der Waals surface area contributed by atoms with Crippen molar-refractivity contribution >= 4 is 11.6 Å². The van der Waals surface area contributed by atoms with Gasteiger partial charge in [0.05, 0.1) is 0 Å². The van der Waals surface area contributed by atoms with Gasteiger partial charge in [-0.1, -0.05) is 12.1 Å². The highest BCUT2D eigenvalue weighted by Crippen LogP contribution is 2.24. The van der Waals surface area contributed by atoms with Crippen molar-refractivity contribution in [3.63, 3.8) is 0 Å². The normalized spacial score (nSPS) is 19.8. The molecule has 3 N–H and O–H groups in total. The Labute approximate surface area is 108 Å². The molecular formula is C14H21N3O. The smallest absolute Gasteiger partial charge is 0.240 e. The average molecular weight is 247 g/mol. The van der Waals surface area contributed by atoms with Gasteiger partial charge in [0.2, 0.25) is 5.91 Å². The summed E-state index contributed by atoms with van der Waals surface area (Å²) in [6.07, 6.45) is 3.08. The molecule has 1 aliphatic heterocycles. The zero-order valence-corrected chi connectivity index (χ0v) is 10.9. The van der Waals surface area contributed by atoms with Crippen LogP contribution in [0.5, 0.6) is 0 Å². The number of hydrogen-bond donors (Lipinski definition) is 2. The van der Waals surface area contributed by atoms with E-state index in [1.807, 2.05) is 7.05 Å². The van der Waals surface area contributed by atoms with Gasteiger partial charge >= 0.3 is 0 Å². The first kappa shape index (κ1) is 12.9. The van der Waals surface area contributed by atoms with E-state index >= 15 is 0 Å². The molecule has 1 aromatic rings. The standard InChI is InChI=1S/C14H21N3O/c1-16-10-11-5-7-12(8-6-11)17-9-3-2-4-13(17)14(15)18/h5-8,13,16H,2-4,9-10H2,1H3,(H2,15,18). The van der Waals surface area contributed by atoms with E-state index in [1.54, 1.807) is 0 Å². The van der Waals surface area contributed by atoms with Gasteiger partial charge in [0.25, 0.3) is 0 Å². The van der Waals surface area contributed by atoms with Crippen LogP contribution in [0.2, 0.25) is 0 Å². The van der Waals surface area contributed by atoms with Gasteiger partial charge in [-0.25, -0.2) is 0 Å². The minimum Gasteiger partial charge on any atom is -0.368 e. The van der Waals surface area contributed by atoms with E-state index in [1.165, 1.54) is 5.56 Å². The van der Waals surface area contributed by atoms with Crippen LogP contribution in [0.25, 0.3) is 0 Å². The molecule has 4 nitrogen and oxygen atoms in total. The van der Waals surface area contributed by atoms with Crippen molar-refractivity contribution < 1.29 is 4.79 Å². The van der Waals surface area contributed by atoms with Crippen LogP contribution in [0, 0.1) is 0 Å². The third kappa shape index (κ3) is 2.82. The fraction of sp³-hybridized carbons (Fsp3) is 0.500. The van der Waals surface area contributed by atoms with Gasteiger partial charge in [0.15, 0.2) is 0 Å². The third-order valence-corrected chi connectivity index (χ3v) is 3.48. The fourth-order valence-corrected chi connectivity index (χ4v) is 2.55. The lowest BCUT2D eigenvalue weighted by Gasteiger charge is -2.35. The van der Waals surface area contributed by atoms with Crippen molar-refractivity contribution in [1.82, 2.24) is 5.32 Å². The van der Waals surface area contributed by atoms with Crippen LogP contribution in [0.1, 0.15) is 24.8 Å². The summed E-state index contributed by atoms with van der Waals surface area (Å²) in [5.41, 5.74) is 7.82. The summed E-state index contributed by atoms with van der Waals surface area (Å²) in [6, 6.07) is 8.20. The zero-order valence-electron chi connectivity index (χ0n) is 10.9. The molecule has 1 saturated heterocycles. The lowest BCUT2D eigenvalue weighted by atomic mass is 10.0. The molecule has 1 unspecified atom stereocenters. The third-order valence-electron chi connectivity index (χ3n) is 3.48. The van der Waals surface area contributed by atoms with Crippen LogP contribution < -0.4 is 16.0 Å². The first-order valence-corrected chi connectivity index (χ1v) is 6.52. The average Bonchev–Trinajstić information content (AvgIpc) is 2.40. The van der Waals surface area contributed by atoms with Crippen LogP contribution in [0.3, 0.4) is 0 Å². The lowest BCUT2D eigenvalue weighted by molar-refractivity contribution is -0.119. The quantitative estimate of drug-likeness (QED) is 0.842. The number of hydrogen-bond acceptors (Lipinski definition) is 3. The monoisotopic (exact) mass is 247 g/mol. The molecule has 1 fully saturated rings. The SMILES string of the molecule is CNCc1ccc(N2CCCCC2C(N)=O)cc1. The predicted molar refractivity (Wildman–Crippen MR) is 73.4 cm³/mol. The van der Waals surface area contributed by atoms with Crippen molar-refractivity contribution in [3.8, 4) is 0 Å². The van der Waals surface area contributed by atoms with Crippen molar-refractivity contribution in [3.05, 3.63) is 29.8 Å². The summed E-state index contributed by atoms with van der Waals surface area (Å²) in [4.78, 5) is 13.6. The summed E-state index contributed by atoms with van der Waals surface area (Å²) in [5, 5.41) is 3.12. The van der Waals surface area contributed by atoms with Crippen LogP contribution in [-0.2, 0) is 11.3 Å². The maximum absolute atomic E-state index is 11.5. The molecule has 1 amide bonds. The lowest BCUT2D eigenvalue weighted by Crippen LogP contribution is -2.47. The number of piperidine rings is 1.